The predicted molar refractivity (Wildman–Crippen MR) is 35.4 cm³/mol. The largest absolute Gasteiger partial charge is 0.325 e. The molecule has 0 aliphatic carbocycles. The van der Waals surface area contributed by atoms with E-state index in [9.17, 15) is 4.79 Å². The van der Waals surface area contributed by atoms with E-state index in [0.29, 0.717) is 0 Å². The normalized spacial score (nSPS) is 9.75. The Morgan fingerprint density at radius 3 is 2.62 bits per heavy atom. The Morgan fingerprint density at radius 1 is 1.88 bits per heavy atom. The van der Waals surface area contributed by atoms with Gasteiger partial charge in [-0.15, -0.1) is 0 Å². The van der Waals surface area contributed by atoms with Crippen LogP contribution in [-0.2, 0) is 7.05 Å². The minimum atomic E-state index is -0.0741. The summed E-state index contributed by atoms with van der Waals surface area (Å²) in [5, 5.41) is 0. The van der Waals surface area contributed by atoms with Crippen molar-refractivity contribution >= 4 is 14.7 Å². The van der Waals surface area contributed by atoms with Crippen LogP contribution in [-0.4, -0.2) is 9.55 Å². The Labute approximate surface area is 48.9 Å². The van der Waals surface area contributed by atoms with E-state index >= 15 is 0 Å². The van der Waals surface area contributed by atoms with Gasteiger partial charge in [-0.2, -0.15) is 0 Å². The van der Waals surface area contributed by atoms with Gasteiger partial charge in [0, 0.05) is 13.2 Å². The Morgan fingerprint density at radius 2 is 2.50 bits per heavy atom. The molecule has 0 fully saturated rings. The molecule has 1 aromatic heterocycles. The average molecular weight is 130 g/mol. The number of aromatic amines is 1. The fourth-order valence-electron chi connectivity index (χ4n) is 0.511. The van der Waals surface area contributed by atoms with Gasteiger partial charge in [0.15, 0.2) is 0 Å². The highest BCUT2D eigenvalue weighted by atomic mass is 31.0. The summed E-state index contributed by atoms with van der Waals surface area (Å²) in [5.41, 5.74) is 0.743. The molecule has 1 unspecified atom stereocenters. The van der Waals surface area contributed by atoms with E-state index in [4.69, 9.17) is 0 Å². The van der Waals surface area contributed by atoms with E-state index in [1.807, 2.05) is 0 Å². The number of hydrogen-bond donors (Lipinski definition) is 1. The summed E-state index contributed by atoms with van der Waals surface area (Å²) in [6, 6.07) is 0. The number of aromatic nitrogens is 2. The molecule has 1 rings (SSSR count). The second kappa shape index (κ2) is 1.75. The van der Waals surface area contributed by atoms with Gasteiger partial charge in [0.05, 0.1) is 5.44 Å². The molecule has 1 atom stereocenters. The summed E-state index contributed by atoms with van der Waals surface area (Å²) in [6.07, 6.45) is 1.72. The second-order valence-electron chi connectivity index (χ2n) is 1.63. The maximum atomic E-state index is 10.5. The first-order valence-electron chi connectivity index (χ1n) is 2.21. The molecule has 0 saturated carbocycles. The summed E-state index contributed by atoms with van der Waals surface area (Å²) >= 11 is 0. The van der Waals surface area contributed by atoms with Gasteiger partial charge in [-0.1, -0.05) is 9.24 Å². The fraction of sp³-hybridized carbons (Fsp3) is 0.250. The lowest BCUT2D eigenvalue weighted by Gasteiger charge is -1.77. The summed E-state index contributed by atoms with van der Waals surface area (Å²) < 4.78 is 1.49. The van der Waals surface area contributed by atoms with Crippen molar-refractivity contribution in [3.05, 3.63) is 16.7 Å². The zero-order valence-corrected chi connectivity index (χ0v) is 5.66. The van der Waals surface area contributed by atoms with Crippen molar-refractivity contribution in [2.24, 2.45) is 7.05 Å². The number of imidazole rings is 1. The molecular formula is C4H7N2OP. The van der Waals surface area contributed by atoms with Crippen molar-refractivity contribution in [3.63, 3.8) is 0 Å². The van der Waals surface area contributed by atoms with Gasteiger partial charge in [-0.3, -0.25) is 0 Å². The molecule has 0 amide bonds. The third-order valence-corrected chi connectivity index (χ3v) is 1.20. The van der Waals surface area contributed by atoms with Crippen molar-refractivity contribution < 1.29 is 0 Å². The highest BCUT2D eigenvalue weighted by molar-refractivity contribution is 7.26. The molecule has 8 heavy (non-hydrogen) atoms. The summed E-state index contributed by atoms with van der Waals surface area (Å²) in [6.45, 7) is 0. The molecular weight excluding hydrogens is 123 g/mol. The van der Waals surface area contributed by atoms with E-state index in [-0.39, 0.29) is 5.69 Å². The van der Waals surface area contributed by atoms with E-state index in [0.717, 1.165) is 5.44 Å². The van der Waals surface area contributed by atoms with Crippen molar-refractivity contribution in [3.8, 4) is 0 Å². The lowest BCUT2D eigenvalue weighted by atomic mass is 10.9. The molecule has 1 N–H and O–H groups in total. The van der Waals surface area contributed by atoms with Crippen LogP contribution < -0.4 is 11.1 Å². The Hall–Kier alpha value is -0.560. The minimum absolute atomic E-state index is 0.0741. The van der Waals surface area contributed by atoms with Crippen LogP contribution in [0.2, 0.25) is 0 Å². The molecule has 0 spiro atoms. The van der Waals surface area contributed by atoms with Gasteiger partial charge >= 0.3 is 5.69 Å². The number of aryl methyl sites for hydroxylation is 1. The quantitative estimate of drug-likeness (QED) is 0.459. The highest BCUT2D eigenvalue weighted by Crippen LogP contribution is 1.76. The topological polar surface area (TPSA) is 37.8 Å². The molecule has 1 aromatic rings. The van der Waals surface area contributed by atoms with E-state index in [1.165, 1.54) is 4.57 Å². The lowest BCUT2D eigenvalue weighted by molar-refractivity contribution is 0.862. The first kappa shape index (κ1) is 5.57. The van der Waals surface area contributed by atoms with E-state index in [1.54, 1.807) is 13.2 Å². The molecule has 1 heterocycles. The second-order valence-corrected chi connectivity index (χ2v) is 2.25. The van der Waals surface area contributed by atoms with Gasteiger partial charge in [0.1, 0.15) is 0 Å². The first-order valence-corrected chi connectivity index (χ1v) is 2.79. The van der Waals surface area contributed by atoms with Crippen LogP contribution in [0.1, 0.15) is 0 Å². The molecule has 0 aromatic carbocycles. The van der Waals surface area contributed by atoms with Gasteiger partial charge in [0.2, 0.25) is 0 Å². The zero-order chi connectivity index (χ0) is 6.15. The van der Waals surface area contributed by atoms with Crippen LogP contribution >= 0.6 is 9.24 Å². The van der Waals surface area contributed by atoms with E-state index in [2.05, 4.69) is 14.2 Å². The minimum Gasteiger partial charge on any atom is -0.306 e. The van der Waals surface area contributed by atoms with Crippen molar-refractivity contribution in [1.82, 2.24) is 9.55 Å². The van der Waals surface area contributed by atoms with Crippen LogP contribution in [0.5, 0.6) is 0 Å². The van der Waals surface area contributed by atoms with Crippen LogP contribution in [0.25, 0.3) is 0 Å². The Bertz CT molecular complexity index is 236. The third kappa shape index (κ3) is 0.819. The van der Waals surface area contributed by atoms with Gasteiger partial charge in [-0.05, 0) is 0 Å². The van der Waals surface area contributed by atoms with Crippen molar-refractivity contribution in [2.45, 2.75) is 0 Å². The van der Waals surface area contributed by atoms with E-state index < -0.39 is 0 Å². The number of rotatable bonds is 0. The first-order chi connectivity index (χ1) is 3.70. The smallest absolute Gasteiger partial charge is 0.306 e. The number of nitrogens with zero attached hydrogens (tertiary/aromatic N) is 1. The van der Waals surface area contributed by atoms with Crippen LogP contribution in [0.4, 0.5) is 0 Å². The standard InChI is InChI=1S/C4H7N2OP/c1-6-2-3(8)5-4(6)7/h2H,8H2,1H3,(H,5,7). The molecule has 0 aliphatic heterocycles. The number of H-pyrrole nitrogens is 1. The summed E-state index contributed by atoms with van der Waals surface area (Å²) in [5.74, 6) is 0. The van der Waals surface area contributed by atoms with Crippen molar-refractivity contribution in [2.75, 3.05) is 0 Å². The number of nitrogens with one attached hydrogen (secondary N) is 1. The van der Waals surface area contributed by atoms with Crippen LogP contribution in [0, 0.1) is 0 Å². The lowest BCUT2D eigenvalue weighted by Crippen LogP contribution is -2.12. The monoisotopic (exact) mass is 130 g/mol. The maximum Gasteiger partial charge on any atom is 0.325 e. The molecule has 3 nitrogen and oxygen atoms in total. The molecule has 44 valence electrons. The van der Waals surface area contributed by atoms with Gasteiger partial charge < -0.3 is 9.55 Å². The average Bonchev–Trinajstić information content (AvgIpc) is 1.85. The Balaban J connectivity index is 3.35. The van der Waals surface area contributed by atoms with Crippen LogP contribution in [0.3, 0.4) is 0 Å². The summed E-state index contributed by atoms with van der Waals surface area (Å²) in [4.78, 5) is 13.1. The molecule has 0 saturated heterocycles. The highest BCUT2D eigenvalue weighted by Gasteiger charge is 1.89. The van der Waals surface area contributed by atoms with Crippen molar-refractivity contribution in [1.29, 1.82) is 0 Å². The zero-order valence-electron chi connectivity index (χ0n) is 4.51. The van der Waals surface area contributed by atoms with Gasteiger partial charge in [-0.25, -0.2) is 4.79 Å². The molecule has 0 radical (unpaired) electrons. The SMILES string of the molecule is Cn1cc(P)[nH]c1=O. The van der Waals surface area contributed by atoms with Gasteiger partial charge in [0.25, 0.3) is 0 Å². The Kier molecular flexibility index (Phi) is 1.22. The number of hydrogen-bond acceptors (Lipinski definition) is 1. The van der Waals surface area contributed by atoms with Crippen LogP contribution in [0.15, 0.2) is 11.0 Å². The molecule has 0 bridgehead atoms. The molecule has 4 heteroatoms. The molecule has 0 aliphatic rings. The fourth-order valence-corrected chi connectivity index (χ4v) is 0.858. The third-order valence-electron chi connectivity index (χ3n) is 0.904. The summed E-state index contributed by atoms with van der Waals surface area (Å²) in [7, 11) is 4.11. The predicted octanol–water partition coefficient (Wildman–Crippen LogP) is -0.786. The maximum absolute atomic E-state index is 10.5.